The summed E-state index contributed by atoms with van der Waals surface area (Å²) < 4.78 is 5.62. The molecule has 60 valence electrons. The van der Waals surface area contributed by atoms with E-state index in [1.165, 1.54) is 0 Å². The lowest BCUT2D eigenvalue weighted by Crippen LogP contribution is -2.54. The van der Waals surface area contributed by atoms with Crippen molar-refractivity contribution < 1.29 is 4.74 Å². The van der Waals surface area contributed by atoms with Crippen molar-refractivity contribution in [3.8, 4) is 0 Å². The molecule has 0 aromatic heterocycles. The molecule has 1 aliphatic heterocycles. The monoisotopic (exact) mass is 144 g/mol. The predicted molar refractivity (Wildman–Crippen MR) is 40.4 cm³/mol. The van der Waals surface area contributed by atoms with Crippen LogP contribution in [0.25, 0.3) is 0 Å². The van der Waals surface area contributed by atoms with Crippen molar-refractivity contribution in [2.24, 2.45) is 5.84 Å². The summed E-state index contributed by atoms with van der Waals surface area (Å²) in [5.74, 6) is 5.65. The highest BCUT2D eigenvalue weighted by Crippen LogP contribution is 2.17. The summed E-state index contributed by atoms with van der Waals surface area (Å²) in [5, 5.41) is 1.81. The van der Waals surface area contributed by atoms with Gasteiger partial charge in [0, 0.05) is 13.1 Å². The van der Waals surface area contributed by atoms with Crippen LogP contribution in [0.3, 0.4) is 0 Å². The molecule has 0 aromatic rings. The van der Waals surface area contributed by atoms with Gasteiger partial charge in [0.15, 0.2) is 0 Å². The molecule has 0 bridgehead atoms. The maximum absolute atomic E-state index is 5.65. The Bertz CT molecular complexity index is 113. The Labute approximate surface area is 62.1 Å². The molecule has 1 heterocycles. The summed E-state index contributed by atoms with van der Waals surface area (Å²) in [6.45, 7) is 7.81. The molecule has 0 spiro atoms. The summed E-state index contributed by atoms with van der Waals surface area (Å²) in [5.41, 5.74) is -0.0770. The van der Waals surface area contributed by atoms with Crippen LogP contribution in [-0.2, 0) is 4.74 Å². The number of hydrogen-bond acceptors (Lipinski definition) is 3. The van der Waals surface area contributed by atoms with Crippen molar-refractivity contribution in [3.63, 3.8) is 0 Å². The first-order valence-electron chi connectivity index (χ1n) is 3.67. The molecule has 0 aromatic carbocycles. The van der Waals surface area contributed by atoms with Crippen LogP contribution in [0.5, 0.6) is 0 Å². The summed E-state index contributed by atoms with van der Waals surface area (Å²) in [6.07, 6.45) is 0.258. The number of morpholine rings is 1. The molecular weight excluding hydrogens is 128 g/mol. The second-order valence-electron chi connectivity index (χ2n) is 3.62. The van der Waals surface area contributed by atoms with Crippen LogP contribution < -0.4 is 5.84 Å². The van der Waals surface area contributed by atoms with E-state index in [0.29, 0.717) is 0 Å². The molecule has 0 unspecified atom stereocenters. The first-order valence-corrected chi connectivity index (χ1v) is 3.67. The van der Waals surface area contributed by atoms with Crippen LogP contribution in [-0.4, -0.2) is 29.8 Å². The van der Waals surface area contributed by atoms with E-state index >= 15 is 0 Å². The molecule has 3 nitrogen and oxygen atoms in total. The van der Waals surface area contributed by atoms with E-state index in [4.69, 9.17) is 10.6 Å². The minimum atomic E-state index is -0.0770. The smallest absolute Gasteiger partial charge is 0.0771 e. The van der Waals surface area contributed by atoms with Gasteiger partial charge < -0.3 is 4.74 Å². The Morgan fingerprint density at radius 1 is 1.60 bits per heavy atom. The predicted octanol–water partition coefficient (Wildman–Crippen LogP) is 0.359. The quantitative estimate of drug-likeness (QED) is 0.499. The number of rotatable bonds is 0. The average molecular weight is 144 g/mol. The van der Waals surface area contributed by atoms with Crippen molar-refractivity contribution in [1.29, 1.82) is 0 Å². The summed E-state index contributed by atoms with van der Waals surface area (Å²) in [7, 11) is 0. The van der Waals surface area contributed by atoms with Gasteiger partial charge in [-0.05, 0) is 20.8 Å². The molecule has 1 aliphatic rings. The van der Waals surface area contributed by atoms with E-state index in [9.17, 15) is 0 Å². The number of ether oxygens (including phenoxy) is 1. The van der Waals surface area contributed by atoms with Crippen molar-refractivity contribution in [2.75, 3.05) is 13.1 Å². The van der Waals surface area contributed by atoms with Crippen molar-refractivity contribution in [2.45, 2.75) is 32.5 Å². The van der Waals surface area contributed by atoms with Gasteiger partial charge in [-0.3, -0.25) is 5.84 Å². The zero-order chi connectivity index (χ0) is 7.78. The first-order chi connectivity index (χ1) is 4.49. The van der Waals surface area contributed by atoms with Crippen molar-refractivity contribution >= 4 is 0 Å². The standard InChI is InChI=1S/C7H16N2O/c1-6-4-9(8)5-7(2,3)10-6/h6H,4-5,8H2,1-3H3/t6-/m1/s1. The average Bonchev–Trinajstić information content (AvgIpc) is 1.54. The van der Waals surface area contributed by atoms with Crippen LogP contribution in [0.15, 0.2) is 0 Å². The second-order valence-corrected chi connectivity index (χ2v) is 3.62. The van der Waals surface area contributed by atoms with Crippen LogP contribution >= 0.6 is 0 Å². The highest BCUT2D eigenvalue weighted by Gasteiger charge is 2.29. The van der Waals surface area contributed by atoms with Gasteiger partial charge in [-0.25, -0.2) is 5.01 Å². The normalized spacial score (nSPS) is 34.2. The summed E-state index contributed by atoms with van der Waals surface area (Å²) in [4.78, 5) is 0. The summed E-state index contributed by atoms with van der Waals surface area (Å²) in [6, 6.07) is 0. The summed E-state index contributed by atoms with van der Waals surface area (Å²) >= 11 is 0. The fraction of sp³-hybridized carbons (Fsp3) is 1.00. The minimum Gasteiger partial charge on any atom is -0.370 e. The Morgan fingerprint density at radius 2 is 2.20 bits per heavy atom. The van der Waals surface area contributed by atoms with Gasteiger partial charge >= 0.3 is 0 Å². The van der Waals surface area contributed by atoms with Gasteiger partial charge in [0.1, 0.15) is 0 Å². The Kier molecular flexibility index (Phi) is 1.99. The molecule has 0 saturated carbocycles. The Balaban J connectivity index is 2.51. The van der Waals surface area contributed by atoms with Gasteiger partial charge in [-0.15, -0.1) is 0 Å². The van der Waals surface area contributed by atoms with Gasteiger partial charge in [0.05, 0.1) is 11.7 Å². The molecule has 1 fully saturated rings. The number of hydrogen-bond donors (Lipinski definition) is 1. The van der Waals surface area contributed by atoms with Crippen molar-refractivity contribution in [1.82, 2.24) is 5.01 Å². The van der Waals surface area contributed by atoms with Gasteiger partial charge in [-0.2, -0.15) is 0 Å². The van der Waals surface area contributed by atoms with Crippen LogP contribution in [0.4, 0.5) is 0 Å². The number of nitrogens with two attached hydrogens (primary N) is 1. The molecule has 3 heteroatoms. The van der Waals surface area contributed by atoms with E-state index in [2.05, 4.69) is 13.8 Å². The maximum atomic E-state index is 5.65. The van der Waals surface area contributed by atoms with Gasteiger partial charge in [0.2, 0.25) is 0 Å². The molecule has 0 aliphatic carbocycles. The SMILES string of the molecule is C[C@@H]1CN(N)CC(C)(C)O1. The number of nitrogens with zero attached hydrogens (tertiary/aromatic N) is 1. The molecule has 1 atom stereocenters. The zero-order valence-electron chi connectivity index (χ0n) is 6.92. The van der Waals surface area contributed by atoms with Gasteiger partial charge in [0.25, 0.3) is 0 Å². The van der Waals surface area contributed by atoms with Crippen molar-refractivity contribution in [3.05, 3.63) is 0 Å². The van der Waals surface area contributed by atoms with Gasteiger partial charge in [-0.1, -0.05) is 0 Å². The fourth-order valence-corrected chi connectivity index (χ4v) is 1.50. The lowest BCUT2D eigenvalue weighted by molar-refractivity contribution is -0.129. The minimum absolute atomic E-state index is 0.0770. The third kappa shape index (κ3) is 1.94. The largest absolute Gasteiger partial charge is 0.370 e. The van der Waals surface area contributed by atoms with E-state index in [0.717, 1.165) is 13.1 Å². The highest BCUT2D eigenvalue weighted by molar-refractivity contribution is 4.79. The Morgan fingerprint density at radius 3 is 2.60 bits per heavy atom. The van der Waals surface area contributed by atoms with E-state index in [1.807, 2.05) is 11.9 Å². The van der Waals surface area contributed by atoms with Crippen LogP contribution in [0.1, 0.15) is 20.8 Å². The van der Waals surface area contributed by atoms with E-state index < -0.39 is 0 Å². The van der Waals surface area contributed by atoms with Crippen LogP contribution in [0, 0.1) is 0 Å². The lowest BCUT2D eigenvalue weighted by Gasteiger charge is -2.39. The molecular formula is C7H16N2O. The molecule has 0 amide bonds. The number of hydrazine groups is 1. The molecule has 1 rings (SSSR count). The van der Waals surface area contributed by atoms with E-state index in [1.54, 1.807) is 0 Å². The first kappa shape index (κ1) is 7.98. The fourth-order valence-electron chi connectivity index (χ4n) is 1.50. The Hall–Kier alpha value is -0.120. The molecule has 1 saturated heterocycles. The third-order valence-electron chi connectivity index (χ3n) is 1.60. The third-order valence-corrected chi connectivity index (χ3v) is 1.60. The molecule has 2 N–H and O–H groups in total. The lowest BCUT2D eigenvalue weighted by atomic mass is 10.1. The second kappa shape index (κ2) is 2.49. The molecule has 0 radical (unpaired) electrons. The maximum Gasteiger partial charge on any atom is 0.0771 e. The molecule has 10 heavy (non-hydrogen) atoms. The zero-order valence-corrected chi connectivity index (χ0v) is 6.92. The van der Waals surface area contributed by atoms with Crippen LogP contribution in [0.2, 0.25) is 0 Å². The van der Waals surface area contributed by atoms with E-state index in [-0.39, 0.29) is 11.7 Å². The topological polar surface area (TPSA) is 38.5 Å². The highest BCUT2D eigenvalue weighted by atomic mass is 16.5.